The predicted octanol–water partition coefficient (Wildman–Crippen LogP) is 4.73. The zero-order valence-corrected chi connectivity index (χ0v) is 19.1. The molecule has 1 heterocycles. The van der Waals surface area contributed by atoms with Crippen molar-refractivity contribution in [1.29, 1.82) is 0 Å². The number of furan rings is 1. The van der Waals surface area contributed by atoms with Gasteiger partial charge in [0.05, 0.1) is 19.2 Å². The molecule has 1 unspecified atom stereocenters. The van der Waals surface area contributed by atoms with E-state index in [1.807, 2.05) is 38.1 Å². The summed E-state index contributed by atoms with van der Waals surface area (Å²) >= 11 is 0. The molecular formula is C26H34N2O4. The van der Waals surface area contributed by atoms with Crippen molar-refractivity contribution in [3.63, 3.8) is 0 Å². The zero-order valence-electron chi connectivity index (χ0n) is 19.1. The number of para-hydroxylation sites is 1. The topological polar surface area (TPSA) is 80.6 Å². The van der Waals surface area contributed by atoms with Crippen LogP contribution in [0.4, 0.5) is 0 Å². The molecule has 4 bridgehead atoms. The molecule has 4 saturated carbocycles. The molecule has 4 aliphatic carbocycles. The summed E-state index contributed by atoms with van der Waals surface area (Å²) in [5.74, 6) is 3.65. The molecule has 0 aliphatic heterocycles. The molecule has 0 saturated heterocycles. The van der Waals surface area contributed by atoms with E-state index in [1.165, 1.54) is 38.5 Å². The van der Waals surface area contributed by atoms with Crippen molar-refractivity contribution in [1.82, 2.24) is 10.6 Å². The van der Waals surface area contributed by atoms with E-state index in [9.17, 15) is 9.59 Å². The van der Waals surface area contributed by atoms with Gasteiger partial charge in [0.25, 0.3) is 0 Å². The molecule has 6 nitrogen and oxygen atoms in total. The normalized spacial score (nSPS) is 29.1. The second-order valence-electron chi connectivity index (χ2n) is 10.4. The first-order valence-corrected chi connectivity index (χ1v) is 12.1. The van der Waals surface area contributed by atoms with Gasteiger partial charge in [-0.05, 0) is 87.7 Å². The van der Waals surface area contributed by atoms with Crippen LogP contribution in [-0.4, -0.2) is 25.0 Å². The highest BCUT2D eigenvalue weighted by atomic mass is 16.5. The SMILES string of the molecule is CCOc1cccc2cc(C(C)NC(=O)CNC(=O)CC34CC5CC(CC(C5)C3)C4)oc12. The number of carbonyl (C=O) groups excluding carboxylic acids is 2. The van der Waals surface area contributed by atoms with Crippen LogP contribution in [0.2, 0.25) is 0 Å². The molecule has 32 heavy (non-hydrogen) atoms. The number of amides is 2. The van der Waals surface area contributed by atoms with Gasteiger partial charge in [-0.3, -0.25) is 9.59 Å². The third-order valence-corrected chi connectivity index (χ3v) is 7.78. The highest BCUT2D eigenvalue weighted by molar-refractivity contribution is 5.86. The Hall–Kier alpha value is -2.50. The summed E-state index contributed by atoms with van der Waals surface area (Å²) in [6.07, 6.45) is 8.28. The van der Waals surface area contributed by atoms with E-state index in [4.69, 9.17) is 9.15 Å². The van der Waals surface area contributed by atoms with Gasteiger partial charge in [0.15, 0.2) is 11.3 Å². The van der Waals surface area contributed by atoms with Gasteiger partial charge in [-0.15, -0.1) is 0 Å². The summed E-state index contributed by atoms with van der Waals surface area (Å²) in [5.41, 5.74) is 0.879. The van der Waals surface area contributed by atoms with Crippen LogP contribution in [0.1, 0.15) is 70.6 Å². The van der Waals surface area contributed by atoms with Crippen molar-refractivity contribution < 1.29 is 18.7 Å². The van der Waals surface area contributed by atoms with Crippen LogP contribution in [-0.2, 0) is 9.59 Å². The maximum absolute atomic E-state index is 12.7. The number of ether oxygens (including phenoxy) is 1. The maximum Gasteiger partial charge on any atom is 0.239 e. The molecule has 4 aliphatic rings. The molecule has 172 valence electrons. The Morgan fingerprint density at radius 2 is 1.81 bits per heavy atom. The molecular weight excluding hydrogens is 404 g/mol. The van der Waals surface area contributed by atoms with E-state index in [1.54, 1.807) is 0 Å². The number of fused-ring (bicyclic) bond motifs is 1. The Morgan fingerprint density at radius 3 is 2.47 bits per heavy atom. The summed E-state index contributed by atoms with van der Waals surface area (Å²) < 4.78 is 11.6. The summed E-state index contributed by atoms with van der Waals surface area (Å²) in [5, 5.41) is 6.74. The van der Waals surface area contributed by atoms with Crippen LogP contribution in [0.25, 0.3) is 11.0 Å². The molecule has 4 fully saturated rings. The van der Waals surface area contributed by atoms with E-state index in [-0.39, 0.29) is 29.8 Å². The number of carbonyl (C=O) groups is 2. The Bertz CT molecular complexity index is 975. The molecule has 1 aromatic heterocycles. The van der Waals surface area contributed by atoms with Crippen LogP contribution >= 0.6 is 0 Å². The average Bonchev–Trinajstić information content (AvgIpc) is 3.17. The average molecular weight is 439 g/mol. The molecule has 6 heteroatoms. The minimum absolute atomic E-state index is 0.0000364. The first-order chi connectivity index (χ1) is 15.4. The molecule has 1 atom stereocenters. The quantitative estimate of drug-likeness (QED) is 0.624. The van der Waals surface area contributed by atoms with Crippen LogP contribution in [0.5, 0.6) is 5.75 Å². The zero-order chi connectivity index (χ0) is 22.3. The van der Waals surface area contributed by atoms with Crippen LogP contribution in [0.15, 0.2) is 28.7 Å². The standard InChI is InChI=1S/C26H34N2O4/c1-3-31-21-6-4-5-20-10-22(32-25(20)21)16(2)28-24(30)15-27-23(29)14-26-11-17-7-18(12-26)9-19(8-17)13-26/h4-6,10,16-19H,3,7-9,11-15H2,1-2H3,(H,27,29)(H,28,30). The molecule has 0 spiro atoms. The fourth-order valence-electron chi connectivity index (χ4n) is 6.99. The van der Waals surface area contributed by atoms with Gasteiger partial charge in [0, 0.05) is 11.8 Å². The first kappa shape index (κ1) is 21.4. The predicted molar refractivity (Wildman–Crippen MR) is 122 cm³/mol. The minimum atomic E-state index is -0.301. The monoisotopic (exact) mass is 438 g/mol. The lowest BCUT2D eigenvalue weighted by Gasteiger charge is -2.56. The number of hydrogen-bond acceptors (Lipinski definition) is 4. The van der Waals surface area contributed by atoms with Crippen molar-refractivity contribution in [2.75, 3.05) is 13.2 Å². The molecule has 0 radical (unpaired) electrons. The Morgan fingerprint density at radius 1 is 1.12 bits per heavy atom. The van der Waals surface area contributed by atoms with Crippen molar-refractivity contribution in [3.8, 4) is 5.75 Å². The lowest BCUT2D eigenvalue weighted by molar-refractivity contribution is -0.132. The van der Waals surface area contributed by atoms with Gasteiger partial charge in [0.1, 0.15) is 5.76 Å². The summed E-state index contributed by atoms with van der Waals surface area (Å²) in [4.78, 5) is 25.2. The lowest BCUT2D eigenvalue weighted by Crippen LogP contribution is -2.48. The third kappa shape index (κ3) is 4.24. The number of nitrogens with one attached hydrogen (secondary N) is 2. The number of hydrogen-bond donors (Lipinski definition) is 2. The highest BCUT2D eigenvalue weighted by Gasteiger charge is 2.51. The second kappa shape index (κ2) is 8.45. The Balaban J connectivity index is 1.14. The number of benzene rings is 1. The van der Waals surface area contributed by atoms with Gasteiger partial charge >= 0.3 is 0 Å². The van der Waals surface area contributed by atoms with Crippen molar-refractivity contribution in [2.45, 2.75) is 64.8 Å². The molecule has 1 aromatic carbocycles. The third-order valence-electron chi connectivity index (χ3n) is 7.78. The van der Waals surface area contributed by atoms with Crippen molar-refractivity contribution >= 4 is 22.8 Å². The fourth-order valence-corrected chi connectivity index (χ4v) is 6.99. The van der Waals surface area contributed by atoms with E-state index in [2.05, 4.69) is 10.6 Å². The van der Waals surface area contributed by atoms with E-state index in [0.29, 0.717) is 30.1 Å². The van der Waals surface area contributed by atoms with Gasteiger partial charge in [-0.2, -0.15) is 0 Å². The van der Waals surface area contributed by atoms with Crippen LogP contribution in [0.3, 0.4) is 0 Å². The minimum Gasteiger partial charge on any atom is -0.490 e. The van der Waals surface area contributed by atoms with Crippen LogP contribution in [0, 0.1) is 23.2 Å². The Labute approximate surface area is 189 Å². The van der Waals surface area contributed by atoms with Crippen molar-refractivity contribution in [2.24, 2.45) is 23.2 Å². The lowest BCUT2D eigenvalue weighted by atomic mass is 9.49. The maximum atomic E-state index is 12.7. The smallest absolute Gasteiger partial charge is 0.239 e. The van der Waals surface area contributed by atoms with Crippen molar-refractivity contribution in [3.05, 3.63) is 30.0 Å². The molecule has 2 amide bonds. The summed E-state index contributed by atoms with van der Waals surface area (Å²) in [6, 6.07) is 7.39. The summed E-state index contributed by atoms with van der Waals surface area (Å²) in [7, 11) is 0. The Kier molecular flexibility index (Phi) is 5.64. The number of rotatable bonds is 8. The van der Waals surface area contributed by atoms with E-state index >= 15 is 0 Å². The van der Waals surface area contributed by atoms with E-state index < -0.39 is 0 Å². The molecule has 2 N–H and O–H groups in total. The first-order valence-electron chi connectivity index (χ1n) is 12.1. The van der Waals surface area contributed by atoms with Gasteiger partial charge in [-0.1, -0.05) is 12.1 Å². The highest BCUT2D eigenvalue weighted by Crippen LogP contribution is 2.61. The fraction of sp³-hybridized carbons (Fsp3) is 0.615. The molecule has 2 aromatic rings. The van der Waals surface area contributed by atoms with Gasteiger partial charge < -0.3 is 19.8 Å². The van der Waals surface area contributed by atoms with E-state index in [0.717, 1.165) is 23.1 Å². The van der Waals surface area contributed by atoms with Gasteiger partial charge in [0.2, 0.25) is 11.8 Å². The van der Waals surface area contributed by atoms with Gasteiger partial charge in [-0.25, -0.2) is 0 Å². The summed E-state index contributed by atoms with van der Waals surface area (Å²) in [6.45, 7) is 4.38. The largest absolute Gasteiger partial charge is 0.490 e. The molecule has 6 rings (SSSR count). The van der Waals surface area contributed by atoms with Crippen LogP contribution < -0.4 is 15.4 Å². The second-order valence-corrected chi connectivity index (χ2v) is 10.4.